The van der Waals surface area contributed by atoms with Crippen LogP contribution in [-0.4, -0.2) is 9.13 Å². The van der Waals surface area contributed by atoms with Crippen LogP contribution >= 0.6 is 0 Å². The highest BCUT2D eigenvalue weighted by atomic mass is 15.1. The number of fused-ring (bicyclic) bond motifs is 7. The van der Waals surface area contributed by atoms with Crippen LogP contribution in [0.25, 0.3) is 66.1 Å². The molecule has 0 amide bonds. The summed E-state index contributed by atoms with van der Waals surface area (Å²) in [6.07, 6.45) is 0. The number of nitrogens with zero attached hydrogens (tertiary/aromatic N) is 3. The fraction of sp³-hybridized carbons (Fsp3) is 0.0400. The number of hydrogen-bond acceptors (Lipinski definition) is 1. The fourth-order valence-electron chi connectivity index (χ4n) is 8.31. The molecule has 0 saturated heterocycles. The summed E-state index contributed by atoms with van der Waals surface area (Å²) in [5, 5.41) is 4.93. The van der Waals surface area contributed by atoms with Crippen molar-refractivity contribution in [3.05, 3.63) is 199 Å². The SMILES string of the molecule is Cc1cccc(N(c2cccc(C)c2)c2cccc(-c3cc4c5ccccc5n(-c5ccccc5)c4c4c3c3ccccc3n4-c3ccccc3)c2)c1. The molecule has 0 atom stereocenters. The van der Waals surface area contributed by atoms with Gasteiger partial charge in [-0.3, -0.25) is 0 Å². The first-order valence-corrected chi connectivity index (χ1v) is 18.3. The maximum atomic E-state index is 2.48. The Morgan fingerprint density at radius 1 is 0.377 bits per heavy atom. The Bertz CT molecular complexity index is 2920. The third kappa shape index (κ3) is 5.04. The lowest BCUT2D eigenvalue weighted by Gasteiger charge is -2.26. The monoisotopic (exact) mass is 679 g/mol. The van der Waals surface area contributed by atoms with Gasteiger partial charge in [0.25, 0.3) is 0 Å². The predicted octanol–water partition coefficient (Wildman–Crippen LogP) is 13.6. The smallest absolute Gasteiger partial charge is 0.0795 e. The minimum absolute atomic E-state index is 1.12. The zero-order chi connectivity index (χ0) is 35.5. The lowest BCUT2D eigenvalue weighted by Crippen LogP contribution is -2.10. The Kier molecular flexibility index (Phi) is 7.26. The molecule has 8 aromatic carbocycles. The van der Waals surface area contributed by atoms with Gasteiger partial charge < -0.3 is 14.0 Å². The first-order chi connectivity index (χ1) is 26.1. The number of para-hydroxylation sites is 4. The average Bonchev–Trinajstić information content (AvgIpc) is 3.72. The Morgan fingerprint density at radius 3 is 1.47 bits per heavy atom. The molecular weight excluding hydrogens is 643 g/mol. The summed E-state index contributed by atoms with van der Waals surface area (Å²) in [4.78, 5) is 2.38. The average molecular weight is 680 g/mol. The molecule has 0 N–H and O–H groups in total. The van der Waals surface area contributed by atoms with Gasteiger partial charge in [-0.15, -0.1) is 0 Å². The maximum Gasteiger partial charge on any atom is 0.0795 e. The number of aryl methyl sites for hydroxylation is 2. The Hall–Kier alpha value is -6.84. The number of hydrogen-bond donors (Lipinski definition) is 0. The second-order valence-electron chi connectivity index (χ2n) is 14.0. The van der Waals surface area contributed by atoms with Gasteiger partial charge in [0.05, 0.1) is 22.1 Å². The summed E-state index contributed by atoms with van der Waals surface area (Å²) >= 11 is 0. The highest BCUT2D eigenvalue weighted by Crippen LogP contribution is 2.47. The van der Waals surface area contributed by atoms with E-state index >= 15 is 0 Å². The second-order valence-corrected chi connectivity index (χ2v) is 14.0. The van der Waals surface area contributed by atoms with Gasteiger partial charge in [-0.2, -0.15) is 0 Å². The van der Waals surface area contributed by atoms with E-state index in [1.807, 2.05) is 0 Å². The third-order valence-corrected chi connectivity index (χ3v) is 10.5. The molecule has 0 bridgehead atoms. The Morgan fingerprint density at radius 2 is 0.868 bits per heavy atom. The van der Waals surface area contributed by atoms with Gasteiger partial charge in [0.1, 0.15) is 0 Å². The van der Waals surface area contributed by atoms with Crippen LogP contribution in [0.2, 0.25) is 0 Å². The van der Waals surface area contributed by atoms with Crippen LogP contribution in [0.3, 0.4) is 0 Å². The summed E-state index contributed by atoms with van der Waals surface area (Å²) in [5.74, 6) is 0. The molecule has 0 unspecified atom stereocenters. The van der Waals surface area contributed by atoms with E-state index < -0.39 is 0 Å². The van der Waals surface area contributed by atoms with E-state index in [0.29, 0.717) is 0 Å². The standard InChI is InChI=1S/C50H37N3/c1-34-16-13-23-39(30-34)51(40-24-14-17-35(2)31-40)41-25-15-18-36(32-41)44-33-45-42-26-9-11-28-46(42)52(37-19-5-3-6-20-37)49(45)50-48(44)43-27-10-12-29-47(43)53(50)38-21-7-4-8-22-38/h3-33H,1-2H3. The van der Waals surface area contributed by atoms with Gasteiger partial charge in [0.2, 0.25) is 0 Å². The van der Waals surface area contributed by atoms with Gasteiger partial charge in [-0.1, -0.05) is 109 Å². The van der Waals surface area contributed by atoms with Crippen molar-refractivity contribution in [2.75, 3.05) is 4.90 Å². The molecular formula is C50H37N3. The van der Waals surface area contributed by atoms with Gasteiger partial charge >= 0.3 is 0 Å². The van der Waals surface area contributed by atoms with Crippen LogP contribution in [0.5, 0.6) is 0 Å². The molecule has 2 heterocycles. The molecule has 0 radical (unpaired) electrons. The van der Waals surface area contributed by atoms with E-state index in [-0.39, 0.29) is 0 Å². The van der Waals surface area contributed by atoms with E-state index in [9.17, 15) is 0 Å². The highest BCUT2D eigenvalue weighted by Gasteiger charge is 2.25. The second kappa shape index (κ2) is 12.4. The van der Waals surface area contributed by atoms with E-state index in [1.54, 1.807) is 0 Å². The van der Waals surface area contributed by atoms with Crippen molar-refractivity contribution >= 4 is 60.7 Å². The lowest BCUT2D eigenvalue weighted by molar-refractivity contribution is 1.15. The minimum atomic E-state index is 1.12. The summed E-state index contributed by atoms with van der Waals surface area (Å²) in [6, 6.07) is 68.5. The molecule has 2 aromatic heterocycles. The molecule has 0 aliphatic heterocycles. The van der Waals surface area contributed by atoms with Crippen LogP contribution in [0.4, 0.5) is 17.1 Å². The van der Waals surface area contributed by atoms with E-state index in [0.717, 1.165) is 28.4 Å². The molecule has 0 saturated carbocycles. The van der Waals surface area contributed by atoms with Crippen LogP contribution in [0.15, 0.2) is 188 Å². The third-order valence-electron chi connectivity index (χ3n) is 10.5. The molecule has 10 aromatic rings. The summed E-state index contributed by atoms with van der Waals surface area (Å²) in [5.41, 5.74) is 15.3. The first-order valence-electron chi connectivity index (χ1n) is 18.3. The van der Waals surface area contributed by atoms with Crippen molar-refractivity contribution in [2.24, 2.45) is 0 Å². The topological polar surface area (TPSA) is 13.1 Å². The number of aromatic nitrogens is 2. The van der Waals surface area contributed by atoms with Gasteiger partial charge in [0, 0.05) is 50.0 Å². The number of rotatable bonds is 6. The van der Waals surface area contributed by atoms with Crippen molar-refractivity contribution in [3.8, 4) is 22.5 Å². The van der Waals surface area contributed by atoms with Crippen LogP contribution in [0.1, 0.15) is 11.1 Å². The van der Waals surface area contributed by atoms with Gasteiger partial charge in [-0.05, 0) is 115 Å². The first kappa shape index (κ1) is 30.9. The largest absolute Gasteiger partial charge is 0.310 e. The summed E-state index contributed by atoms with van der Waals surface area (Å²) in [6.45, 7) is 4.32. The zero-order valence-corrected chi connectivity index (χ0v) is 29.7. The van der Waals surface area contributed by atoms with Crippen LogP contribution in [-0.2, 0) is 0 Å². The van der Waals surface area contributed by atoms with Crippen molar-refractivity contribution in [3.63, 3.8) is 0 Å². The molecule has 0 aliphatic rings. The lowest BCUT2D eigenvalue weighted by atomic mass is 9.96. The Labute approximate surface area is 309 Å². The predicted molar refractivity (Wildman–Crippen MR) is 225 cm³/mol. The maximum absolute atomic E-state index is 2.48. The fourth-order valence-corrected chi connectivity index (χ4v) is 8.31. The van der Waals surface area contributed by atoms with Crippen molar-refractivity contribution in [1.82, 2.24) is 9.13 Å². The van der Waals surface area contributed by atoms with E-state index in [2.05, 4.69) is 216 Å². The quantitative estimate of drug-likeness (QED) is 0.170. The Balaban J connectivity index is 1.35. The molecule has 10 rings (SSSR count). The minimum Gasteiger partial charge on any atom is -0.310 e. The van der Waals surface area contributed by atoms with E-state index in [1.165, 1.54) is 65.9 Å². The molecule has 0 fully saturated rings. The molecule has 0 aliphatic carbocycles. The van der Waals surface area contributed by atoms with Gasteiger partial charge in [-0.25, -0.2) is 0 Å². The molecule has 3 heteroatoms. The molecule has 0 spiro atoms. The van der Waals surface area contributed by atoms with Crippen LogP contribution < -0.4 is 4.90 Å². The normalized spacial score (nSPS) is 11.6. The van der Waals surface area contributed by atoms with Crippen molar-refractivity contribution in [2.45, 2.75) is 13.8 Å². The molecule has 252 valence electrons. The van der Waals surface area contributed by atoms with Crippen molar-refractivity contribution in [1.29, 1.82) is 0 Å². The number of anilines is 3. The molecule has 53 heavy (non-hydrogen) atoms. The van der Waals surface area contributed by atoms with E-state index in [4.69, 9.17) is 0 Å². The van der Waals surface area contributed by atoms with Crippen molar-refractivity contribution < 1.29 is 0 Å². The summed E-state index contributed by atoms with van der Waals surface area (Å²) in [7, 11) is 0. The summed E-state index contributed by atoms with van der Waals surface area (Å²) < 4.78 is 4.94. The van der Waals surface area contributed by atoms with Gasteiger partial charge in [0.15, 0.2) is 0 Å². The number of benzene rings is 8. The zero-order valence-electron chi connectivity index (χ0n) is 29.7. The highest BCUT2D eigenvalue weighted by molar-refractivity contribution is 6.28. The molecule has 3 nitrogen and oxygen atoms in total. The van der Waals surface area contributed by atoms with Crippen LogP contribution in [0, 0.1) is 13.8 Å².